The van der Waals surface area contributed by atoms with Crippen LogP contribution in [0, 0.1) is 11.8 Å². The molecule has 2 aliphatic rings. The van der Waals surface area contributed by atoms with Gasteiger partial charge in [0.1, 0.15) is 0 Å². The fourth-order valence-corrected chi connectivity index (χ4v) is 3.12. The van der Waals surface area contributed by atoms with Crippen molar-refractivity contribution in [3.05, 3.63) is 11.1 Å². The molecule has 0 aliphatic heterocycles. The van der Waals surface area contributed by atoms with Crippen molar-refractivity contribution in [3.8, 4) is 0 Å². The summed E-state index contributed by atoms with van der Waals surface area (Å²) in [6.07, 6.45) is 4.59. The van der Waals surface area contributed by atoms with Gasteiger partial charge < -0.3 is 5.73 Å². The summed E-state index contributed by atoms with van der Waals surface area (Å²) in [5, 5.41) is 4.15. The summed E-state index contributed by atoms with van der Waals surface area (Å²) in [5.41, 5.74) is 11.5. The molecule has 0 saturated heterocycles. The number of nitrogens with one attached hydrogen (secondary N) is 1. The van der Waals surface area contributed by atoms with E-state index in [0.29, 0.717) is 5.92 Å². The molecule has 0 unspecified atom stereocenters. The molecular weight excluding hydrogens is 202 g/mol. The largest absolute Gasteiger partial charge is 0.350 e. The molecule has 16 heavy (non-hydrogen) atoms. The normalized spacial score (nSPS) is 30.6. The number of urea groups is 1. The number of primary amides is 1. The zero-order valence-corrected chi connectivity index (χ0v) is 9.92. The van der Waals surface area contributed by atoms with Gasteiger partial charge in [-0.15, -0.1) is 0 Å². The van der Waals surface area contributed by atoms with E-state index in [0.717, 1.165) is 24.5 Å². The number of carbonyl (C=O) groups is 1. The van der Waals surface area contributed by atoms with Crippen LogP contribution in [0.4, 0.5) is 4.79 Å². The van der Waals surface area contributed by atoms with E-state index in [1.165, 1.54) is 18.4 Å². The van der Waals surface area contributed by atoms with E-state index in [4.69, 9.17) is 5.73 Å². The molecule has 2 saturated carbocycles. The summed E-state index contributed by atoms with van der Waals surface area (Å²) in [6.45, 7) is 4.34. The number of carbonyl (C=O) groups excluding carboxylic acids is 1. The van der Waals surface area contributed by atoms with Gasteiger partial charge >= 0.3 is 6.03 Å². The van der Waals surface area contributed by atoms with Gasteiger partial charge in [0.05, 0.1) is 0 Å². The molecule has 0 aromatic heterocycles. The minimum atomic E-state index is -0.577. The molecule has 2 atom stereocenters. The average Bonchev–Trinajstić information content (AvgIpc) is 2.53. The zero-order valence-electron chi connectivity index (χ0n) is 9.92. The predicted molar refractivity (Wildman–Crippen MR) is 64.0 cm³/mol. The Morgan fingerprint density at radius 3 is 2.75 bits per heavy atom. The smallest absolute Gasteiger partial charge is 0.332 e. The van der Waals surface area contributed by atoms with E-state index in [1.54, 1.807) is 5.57 Å². The number of allylic oxidation sites excluding steroid dienone is 2. The number of fused-ring (bicyclic) bond motifs is 2. The summed E-state index contributed by atoms with van der Waals surface area (Å²) in [4.78, 5) is 10.7. The van der Waals surface area contributed by atoms with Gasteiger partial charge in [0.2, 0.25) is 0 Å². The number of hydrogen-bond acceptors (Lipinski definition) is 2. The molecule has 2 rings (SSSR count). The highest BCUT2D eigenvalue weighted by atomic mass is 16.2. The van der Waals surface area contributed by atoms with Crippen LogP contribution in [0.5, 0.6) is 0 Å². The first kappa shape index (κ1) is 11.2. The average molecular weight is 221 g/mol. The third kappa shape index (κ3) is 1.96. The van der Waals surface area contributed by atoms with Crippen LogP contribution in [0.3, 0.4) is 0 Å². The van der Waals surface area contributed by atoms with Gasteiger partial charge in [0.25, 0.3) is 0 Å². The van der Waals surface area contributed by atoms with E-state index >= 15 is 0 Å². The van der Waals surface area contributed by atoms with Crippen molar-refractivity contribution in [1.82, 2.24) is 5.43 Å². The van der Waals surface area contributed by atoms with Crippen LogP contribution in [-0.4, -0.2) is 11.7 Å². The number of hydrogen-bond donors (Lipinski definition) is 2. The summed E-state index contributed by atoms with van der Waals surface area (Å²) < 4.78 is 0. The Morgan fingerprint density at radius 2 is 2.12 bits per heavy atom. The number of amides is 2. The maximum atomic E-state index is 10.7. The van der Waals surface area contributed by atoms with E-state index < -0.39 is 6.03 Å². The standard InChI is InChI=1S/C12H19N3O/c1-7(2)11-8-3-5-9(11)10(6-4-8)14-15-12(13)16/h8-9H,3-6H2,1-2H3,(H3,13,15,16)/b14-10-/t8-,9-/m0/s1. The van der Waals surface area contributed by atoms with E-state index in [2.05, 4.69) is 24.4 Å². The van der Waals surface area contributed by atoms with Crippen LogP contribution < -0.4 is 11.2 Å². The Bertz CT molecular complexity index is 366. The van der Waals surface area contributed by atoms with Crippen LogP contribution in [0.2, 0.25) is 0 Å². The van der Waals surface area contributed by atoms with Gasteiger partial charge in [0, 0.05) is 11.6 Å². The molecule has 88 valence electrons. The first-order valence-electron chi connectivity index (χ1n) is 5.88. The fourth-order valence-electron chi connectivity index (χ4n) is 3.12. The Labute approximate surface area is 96.0 Å². The minimum absolute atomic E-state index is 0.454. The second kappa shape index (κ2) is 4.28. The minimum Gasteiger partial charge on any atom is -0.350 e. The van der Waals surface area contributed by atoms with Crippen molar-refractivity contribution in [3.63, 3.8) is 0 Å². The van der Waals surface area contributed by atoms with Crippen molar-refractivity contribution in [2.24, 2.45) is 22.7 Å². The number of nitrogens with two attached hydrogens (primary N) is 1. The molecule has 4 nitrogen and oxygen atoms in total. The molecule has 2 amide bonds. The molecule has 2 bridgehead atoms. The summed E-state index contributed by atoms with van der Waals surface area (Å²) in [7, 11) is 0. The monoisotopic (exact) mass is 221 g/mol. The molecular formula is C12H19N3O. The van der Waals surface area contributed by atoms with Crippen molar-refractivity contribution in [2.45, 2.75) is 39.5 Å². The van der Waals surface area contributed by atoms with Gasteiger partial charge in [-0.25, -0.2) is 10.2 Å². The van der Waals surface area contributed by atoms with Crippen molar-refractivity contribution >= 4 is 11.7 Å². The number of nitrogens with zero attached hydrogens (tertiary/aromatic N) is 1. The van der Waals surface area contributed by atoms with Gasteiger partial charge in [-0.1, -0.05) is 11.1 Å². The Morgan fingerprint density at radius 1 is 1.38 bits per heavy atom. The van der Waals surface area contributed by atoms with Gasteiger partial charge in [-0.3, -0.25) is 0 Å². The highest BCUT2D eigenvalue weighted by molar-refractivity contribution is 5.92. The molecule has 0 aromatic rings. The van der Waals surface area contributed by atoms with Gasteiger partial charge in [0.15, 0.2) is 0 Å². The summed E-state index contributed by atoms with van der Waals surface area (Å²) in [5.74, 6) is 1.21. The maximum absolute atomic E-state index is 10.7. The summed E-state index contributed by atoms with van der Waals surface area (Å²) >= 11 is 0. The van der Waals surface area contributed by atoms with Crippen molar-refractivity contribution in [2.75, 3.05) is 0 Å². The molecule has 2 aliphatic carbocycles. The highest BCUT2D eigenvalue weighted by Gasteiger charge is 2.38. The lowest BCUT2D eigenvalue weighted by Crippen LogP contribution is -2.29. The number of rotatable bonds is 1. The fraction of sp³-hybridized carbons (Fsp3) is 0.667. The van der Waals surface area contributed by atoms with Crippen LogP contribution in [0.15, 0.2) is 16.2 Å². The lowest BCUT2D eigenvalue weighted by Gasteiger charge is -2.26. The number of hydrazone groups is 1. The SMILES string of the molecule is CC(C)=C1[C@@H]2CC/C(=N/NC(N)=O)[C@@H]1CC2. The first-order valence-corrected chi connectivity index (χ1v) is 5.88. The lowest BCUT2D eigenvalue weighted by atomic mass is 9.80. The Kier molecular flexibility index (Phi) is 2.99. The third-order valence-electron chi connectivity index (χ3n) is 3.66. The van der Waals surface area contributed by atoms with Gasteiger partial charge in [-0.2, -0.15) is 5.10 Å². The first-order chi connectivity index (χ1) is 7.59. The molecule has 0 spiro atoms. The van der Waals surface area contributed by atoms with Crippen LogP contribution in [-0.2, 0) is 0 Å². The molecule has 2 fully saturated rings. The van der Waals surface area contributed by atoms with Crippen LogP contribution >= 0.6 is 0 Å². The predicted octanol–water partition coefficient (Wildman–Crippen LogP) is 2.17. The van der Waals surface area contributed by atoms with E-state index in [1.807, 2.05) is 0 Å². The van der Waals surface area contributed by atoms with Crippen LogP contribution in [0.25, 0.3) is 0 Å². The molecule has 4 heteroatoms. The topological polar surface area (TPSA) is 67.5 Å². The molecule has 0 radical (unpaired) electrons. The molecule has 3 N–H and O–H groups in total. The quantitative estimate of drug-likeness (QED) is 0.517. The lowest BCUT2D eigenvalue weighted by molar-refractivity contribution is 0.249. The summed E-state index contributed by atoms with van der Waals surface area (Å²) in [6, 6.07) is -0.577. The van der Waals surface area contributed by atoms with Gasteiger partial charge in [-0.05, 0) is 45.4 Å². The third-order valence-corrected chi connectivity index (χ3v) is 3.66. The van der Waals surface area contributed by atoms with Crippen LogP contribution in [0.1, 0.15) is 39.5 Å². The van der Waals surface area contributed by atoms with Crippen molar-refractivity contribution < 1.29 is 4.79 Å². The maximum Gasteiger partial charge on any atom is 0.332 e. The Balaban J connectivity index is 2.22. The Hall–Kier alpha value is -1.32. The molecule has 0 heterocycles. The second-order valence-electron chi connectivity index (χ2n) is 4.90. The molecule has 0 aromatic carbocycles. The zero-order chi connectivity index (χ0) is 11.7. The van der Waals surface area contributed by atoms with E-state index in [-0.39, 0.29) is 0 Å². The highest BCUT2D eigenvalue weighted by Crippen LogP contribution is 2.46. The van der Waals surface area contributed by atoms with Crippen molar-refractivity contribution in [1.29, 1.82) is 0 Å². The second-order valence-corrected chi connectivity index (χ2v) is 4.90. The van der Waals surface area contributed by atoms with E-state index in [9.17, 15) is 4.79 Å².